The number of nitrogens with one attached hydrogen (secondary N) is 1. The van der Waals surface area contributed by atoms with Gasteiger partial charge in [0.1, 0.15) is 11.5 Å². The summed E-state index contributed by atoms with van der Waals surface area (Å²) >= 11 is 1.27. The number of imidazole rings is 1. The topological polar surface area (TPSA) is 85.8 Å². The van der Waals surface area contributed by atoms with Crippen molar-refractivity contribution in [3.63, 3.8) is 0 Å². The zero-order chi connectivity index (χ0) is 13.4. The zero-order valence-electron chi connectivity index (χ0n) is 10.5. The molecular weight excluding hydrogens is 262 g/mol. The van der Waals surface area contributed by atoms with E-state index in [0.717, 1.165) is 18.7 Å². The van der Waals surface area contributed by atoms with Crippen molar-refractivity contribution in [2.75, 3.05) is 5.73 Å². The van der Waals surface area contributed by atoms with Crippen LogP contribution in [0.4, 0.5) is 5.13 Å². The molecule has 100 valence electrons. The Morgan fingerprint density at radius 1 is 1.63 bits per heavy atom. The van der Waals surface area contributed by atoms with Gasteiger partial charge in [0.05, 0.1) is 6.04 Å². The fraction of sp³-hybridized carbons (Fsp3) is 0.417. The van der Waals surface area contributed by atoms with Gasteiger partial charge in [-0.25, -0.2) is 9.97 Å². The monoisotopic (exact) mass is 277 g/mol. The van der Waals surface area contributed by atoms with Crippen LogP contribution in [-0.4, -0.2) is 20.4 Å². The molecular formula is C12H15N5OS. The summed E-state index contributed by atoms with van der Waals surface area (Å²) in [6, 6.07) is -0.0459. The molecule has 7 heteroatoms. The van der Waals surface area contributed by atoms with E-state index >= 15 is 0 Å². The molecule has 2 aromatic rings. The first-order valence-corrected chi connectivity index (χ1v) is 7.02. The van der Waals surface area contributed by atoms with Crippen LogP contribution in [0.3, 0.4) is 0 Å². The number of thiazole rings is 1. The van der Waals surface area contributed by atoms with Crippen molar-refractivity contribution in [3.8, 4) is 0 Å². The summed E-state index contributed by atoms with van der Waals surface area (Å²) in [4.78, 5) is 20.5. The average molecular weight is 277 g/mol. The Bertz CT molecular complexity index is 601. The van der Waals surface area contributed by atoms with Gasteiger partial charge >= 0.3 is 0 Å². The van der Waals surface area contributed by atoms with Crippen LogP contribution in [0.25, 0.3) is 0 Å². The van der Waals surface area contributed by atoms with Crippen LogP contribution in [0.15, 0.2) is 17.8 Å². The van der Waals surface area contributed by atoms with Gasteiger partial charge in [0.15, 0.2) is 5.13 Å². The molecule has 2 aromatic heterocycles. The maximum Gasteiger partial charge on any atom is 0.271 e. The van der Waals surface area contributed by atoms with Crippen molar-refractivity contribution >= 4 is 22.4 Å². The minimum absolute atomic E-state index is 0.0459. The Hall–Kier alpha value is -1.89. The van der Waals surface area contributed by atoms with Gasteiger partial charge in [-0.3, -0.25) is 4.79 Å². The molecule has 0 spiro atoms. The van der Waals surface area contributed by atoms with Crippen LogP contribution in [0, 0.1) is 5.92 Å². The van der Waals surface area contributed by atoms with E-state index < -0.39 is 0 Å². The van der Waals surface area contributed by atoms with Crippen LogP contribution in [-0.2, 0) is 7.05 Å². The number of nitrogens with zero attached hydrogens (tertiary/aromatic N) is 3. The first kappa shape index (κ1) is 12.2. The van der Waals surface area contributed by atoms with Crippen molar-refractivity contribution in [1.82, 2.24) is 19.9 Å². The van der Waals surface area contributed by atoms with E-state index in [4.69, 9.17) is 5.73 Å². The van der Waals surface area contributed by atoms with Crippen molar-refractivity contribution in [2.24, 2.45) is 13.0 Å². The van der Waals surface area contributed by atoms with E-state index in [0.29, 0.717) is 16.7 Å². The summed E-state index contributed by atoms with van der Waals surface area (Å²) in [5.41, 5.74) is 5.93. The number of aryl methyl sites for hydroxylation is 1. The van der Waals surface area contributed by atoms with Crippen molar-refractivity contribution < 1.29 is 4.79 Å². The Morgan fingerprint density at radius 2 is 2.42 bits per heavy atom. The van der Waals surface area contributed by atoms with E-state index in [2.05, 4.69) is 15.3 Å². The molecule has 6 nitrogen and oxygen atoms in total. The second-order valence-corrected chi connectivity index (χ2v) is 5.65. The summed E-state index contributed by atoms with van der Waals surface area (Å²) in [6.45, 7) is 0. The fourth-order valence-corrected chi connectivity index (χ4v) is 2.65. The summed E-state index contributed by atoms with van der Waals surface area (Å²) in [5.74, 6) is 1.17. The molecule has 1 aliphatic carbocycles. The van der Waals surface area contributed by atoms with Gasteiger partial charge in [-0.1, -0.05) is 0 Å². The zero-order valence-corrected chi connectivity index (χ0v) is 11.4. The van der Waals surface area contributed by atoms with Crippen LogP contribution in [0.2, 0.25) is 0 Å². The first-order valence-electron chi connectivity index (χ1n) is 6.14. The SMILES string of the molecule is Cn1ccnc1[C@@H](NC(=O)c1csc(N)n1)C1CC1. The number of carbonyl (C=O) groups is 1. The van der Waals surface area contributed by atoms with E-state index in [1.807, 2.05) is 17.8 Å². The van der Waals surface area contributed by atoms with Crippen LogP contribution in [0.5, 0.6) is 0 Å². The predicted octanol–water partition coefficient (Wildman–Crippen LogP) is 1.34. The Labute approximate surface area is 114 Å². The maximum absolute atomic E-state index is 12.1. The molecule has 3 N–H and O–H groups in total. The lowest BCUT2D eigenvalue weighted by molar-refractivity contribution is 0.0924. The lowest BCUT2D eigenvalue weighted by atomic mass is 10.1. The molecule has 0 saturated heterocycles. The van der Waals surface area contributed by atoms with Crippen molar-refractivity contribution in [1.29, 1.82) is 0 Å². The number of nitrogen functional groups attached to an aromatic ring is 1. The van der Waals surface area contributed by atoms with Gasteiger partial charge < -0.3 is 15.6 Å². The number of hydrogen-bond donors (Lipinski definition) is 2. The molecule has 0 aromatic carbocycles. The standard InChI is InChI=1S/C12H15N5OS/c1-17-5-4-14-10(17)9(7-2-3-7)16-11(18)8-6-19-12(13)15-8/h4-7,9H,2-3H2,1H3,(H2,13,15)(H,16,18)/t9-/m0/s1. The van der Waals surface area contributed by atoms with Gasteiger partial charge in [-0.05, 0) is 18.8 Å². The Balaban J connectivity index is 1.79. The second-order valence-electron chi connectivity index (χ2n) is 4.76. The number of carbonyl (C=O) groups excluding carboxylic acids is 1. The minimum atomic E-state index is -0.187. The summed E-state index contributed by atoms with van der Waals surface area (Å²) in [6.07, 6.45) is 5.88. The summed E-state index contributed by atoms with van der Waals surface area (Å²) < 4.78 is 1.94. The number of amides is 1. The van der Waals surface area contributed by atoms with Crippen molar-refractivity contribution in [2.45, 2.75) is 18.9 Å². The third-order valence-electron chi connectivity index (χ3n) is 3.27. The number of rotatable bonds is 4. The van der Waals surface area contributed by atoms with E-state index in [1.54, 1.807) is 11.6 Å². The number of hydrogen-bond acceptors (Lipinski definition) is 5. The molecule has 1 atom stereocenters. The highest BCUT2D eigenvalue weighted by atomic mass is 32.1. The number of aromatic nitrogens is 3. The van der Waals surface area contributed by atoms with Crippen molar-refractivity contribution in [3.05, 3.63) is 29.3 Å². The Morgan fingerprint density at radius 3 is 2.95 bits per heavy atom. The highest BCUT2D eigenvalue weighted by Gasteiger charge is 2.36. The minimum Gasteiger partial charge on any atom is -0.375 e. The van der Waals surface area contributed by atoms with Crippen LogP contribution < -0.4 is 11.1 Å². The number of anilines is 1. The van der Waals surface area contributed by atoms with Gasteiger partial charge in [0.2, 0.25) is 0 Å². The third-order valence-corrected chi connectivity index (χ3v) is 3.95. The molecule has 3 rings (SSSR count). The highest BCUT2D eigenvalue weighted by molar-refractivity contribution is 7.13. The fourth-order valence-electron chi connectivity index (χ4n) is 2.11. The average Bonchev–Trinajstić information content (AvgIpc) is 3.00. The highest BCUT2D eigenvalue weighted by Crippen LogP contribution is 2.40. The predicted molar refractivity (Wildman–Crippen MR) is 72.7 cm³/mol. The molecule has 2 heterocycles. The van der Waals surface area contributed by atoms with Gasteiger partial charge in [-0.15, -0.1) is 11.3 Å². The molecule has 0 aliphatic heterocycles. The molecule has 1 saturated carbocycles. The van der Waals surface area contributed by atoms with Gasteiger partial charge in [0.25, 0.3) is 5.91 Å². The smallest absolute Gasteiger partial charge is 0.271 e. The van der Waals surface area contributed by atoms with Crippen LogP contribution in [0.1, 0.15) is 35.2 Å². The maximum atomic E-state index is 12.1. The first-order chi connectivity index (χ1) is 9.15. The normalized spacial score (nSPS) is 16.3. The van der Waals surface area contributed by atoms with Crippen LogP contribution >= 0.6 is 11.3 Å². The molecule has 0 unspecified atom stereocenters. The molecule has 1 fully saturated rings. The quantitative estimate of drug-likeness (QED) is 0.883. The number of nitrogens with two attached hydrogens (primary N) is 1. The lowest BCUT2D eigenvalue weighted by Gasteiger charge is -2.17. The molecule has 1 amide bonds. The van der Waals surface area contributed by atoms with Gasteiger partial charge in [0, 0.05) is 24.8 Å². The van der Waals surface area contributed by atoms with Gasteiger partial charge in [-0.2, -0.15) is 0 Å². The molecule has 0 bridgehead atoms. The van der Waals surface area contributed by atoms with E-state index in [-0.39, 0.29) is 11.9 Å². The molecule has 19 heavy (non-hydrogen) atoms. The molecule has 1 aliphatic rings. The second kappa shape index (κ2) is 4.65. The summed E-state index contributed by atoms with van der Waals surface area (Å²) in [5, 5.41) is 5.10. The summed E-state index contributed by atoms with van der Waals surface area (Å²) in [7, 11) is 1.94. The van der Waals surface area contributed by atoms with E-state index in [1.165, 1.54) is 11.3 Å². The van der Waals surface area contributed by atoms with E-state index in [9.17, 15) is 4.79 Å². The third kappa shape index (κ3) is 2.46. The Kier molecular flexibility index (Phi) is 2.98. The molecule has 0 radical (unpaired) electrons. The largest absolute Gasteiger partial charge is 0.375 e. The lowest BCUT2D eigenvalue weighted by Crippen LogP contribution is -2.31.